The molecule has 0 aliphatic heterocycles. The van der Waals surface area contributed by atoms with E-state index in [1.807, 2.05) is 24.3 Å². The molecule has 0 spiro atoms. The second kappa shape index (κ2) is 8.36. The van der Waals surface area contributed by atoms with Crippen molar-refractivity contribution in [3.63, 3.8) is 0 Å². The molecule has 0 unspecified atom stereocenters. The molecular weight excluding hydrogens is 468 g/mol. The van der Waals surface area contributed by atoms with Crippen molar-refractivity contribution < 1.29 is 17.6 Å². The lowest BCUT2D eigenvalue weighted by Gasteiger charge is -2.04. The molecule has 0 bridgehead atoms. The SMILES string of the molecule is NS(=O)(=O)c1ccc(NC(=O)CSc2nnc(-c3sc4ccccc4c3Cl)o2)cc1. The highest BCUT2D eigenvalue weighted by molar-refractivity contribution is 7.99. The third kappa shape index (κ3) is 4.50. The fourth-order valence-electron chi connectivity index (χ4n) is 2.56. The summed E-state index contributed by atoms with van der Waals surface area (Å²) in [5, 5.41) is 17.4. The average Bonchev–Trinajstić information content (AvgIpc) is 3.31. The third-order valence-electron chi connectivity index (χ3n) is 3.93. The summed E-state index contributed by atoms with van der Waals surface area (Å²) in [5.74, 6) is 0.00400. The molecule has 1 amide bonds. The maximum atomic E-state index is 12.1. The number of nitrogens with zero attached hydrogens (tertiary/aromatic N) is 2. The molecule has 154 valence electrons. The normalized spacial score (nSPS) is 11.7. The third-order valence-corrected chi connectivity index (χ3v) is 7.34. The second-order valence-electron chi connectivity index (χ2n) is 6.02. The van der Waals surface area contributed by atoms with Crippen LogP contribution in [0.2, 0.25) is 5.02 Å². The number of nitrogens with two attached hydrogens (primary N) is 1. The Balaban J connectivity index is 1.39. The zero-order valence-corrected chi connectivity index (χ0v) is 18.2. The number of nitrogens with one attached hydrogen (secondary N) is 1. The Kier molecular flexibility index (Phi) is 5.80. The van der Waals surface area contributed by atoms with Crippen LogP contribution in [0.4, 0.5) is 5.69 Å². The molecule has 2 aromatic heterocycles. The first kappa shape index (κ1) is 20.8. The number of carbonyl (C=O) groups is 1. The van der Waals surface area contributed by atoms with Gasteiger partial charge in [0.15, 0.2) is 0 Å². The van der Waals surface area contributed by atoms with Gasteiger partial charge >= 0.3 is 0 Å². The van der Waals surface area contributed by atoms with E-state index in [-0.39, 0.29) is 21.8 Å². The predicted octanol–water partition coefficient (Wildman–Crippen LogP) is 3.98. The highest BCUT2D eigenvalue weighted by atomic mass is 35.5. The van der Waals surface area contributed by atoms with Gasteiger partial charge in [0.1, 0.15) is 4.88 Å². The number of hydrogen-bond donors (Lipinski definition) is 2. The Labute approximate surface area is 184 Å². The van der Waals surface area contributed by atoms with E-state index in [4.69, 9.17) is 21.2 Å². The standard InChI is InChI=1S/C18H13ClN4O4S3/c19-15-12-3-1-2-4-13(12)29-16(15)17-22-23-18(27-17)28-9-14(24)21-10-5-7-11(8-6-10)30(20,25)26/h1-8H,9H2,(H,21,24)(H2,20,25,26). The maximum Gasteiger partial charge on any atom is 0.277 e. The van der Waals surface area contributed by atoms with Gasteiger partial charge in [-0.15, -0.1) is 21.5 Å². The van der Waals surface area contributed by atoms with E-state index in [1.54, 1.807) is 0 Å². The fraction of sp³-hybridized carbons (Fsp3) is 0.0556. The minimum Gasteiger partial charge on any atom is -0.410 e. The lowest BCUT2D eigenvalue weighted by atomic mass is 10.2. The van der Waals surface area contributed by atoms with Gasteiger partial charge in [-0.2, -0.15) is 0 Å². The van der Waals surface area contributed by atoms with E-state index in [2.05, 4.69) is 15.5 Å². The molecule has 4 aromatic rings. The van der Waals surface area contributed by atoms with Crippen molar-refractivity contribution in [3.05, 3.63) is 53.6 Å². The minimum absolute atomic E-state index is 0.0265. The van der Waals surface area contributed by atoms with Crippen molar-refractivity contribution in [3.8, 4) is 10.8 Å². The molecule has 0 aliphatic rings. The maximum absolute atomic E-state index is 12.1. The van der Waals surface area contributed by atoms with Gasteiger partial charge in [-0.05, 0) is 30.3 Å². The number of aromatic nitrogens is 2. The van der Waals surface area contributed by atoms with Crippen LogP contribution in [0.1, 0.15) is 0 Å². The molecule has 0 fully saturated rings. The molecule has 0 atom stereocenters. The molecule has 3 N–H and O–H groups in total. The van der Waals surface area contributed by atoms with Crippen LogP contribution in [0, 0.1) is 0 Å². The minimum atomic E-state index is -3.78. The van der Waals surface area contributed by atoms with Gasteiger partial charge in [0.2, 0.25) is 15.9 Å². The van der Waals surface area contributed by atoms with Crippen LogP contribution >= 0.6 is 34.7 Å². The van der Waals surface area contributed by atoms with Crippen LogP contribution in [0.5, 0.6) is 0 Å². The topological polar surface area (TPSA) is 128 Å². The van der Waals surface area contributed by atoms with Crippen LogP contribution < -0.4 is 10.5 Å². The molecule has 0 saturated heterocycles. The number of thiophene rings is 1. The molecular formula is C18H13ClN4O4S3. The van der Waals surface area contributed by atoms with Crippen molar-refractivity contribution in [2.45, 2.75) is 10.1 Å². The van der Waals surface area contributed by atoms with Crippen LogP contribution in [-0.4, -0.2) is 30.3 Å². The molecule has 12 heteroatoms. The van der Waals surface area contributed by atoms with E-state index in [0.29, 0.717) is 21.5 Å². The van der Waals surface area contributed by atoms with Crippen molar-refractivity contribution >= 4 is 66.4 Å². The van der Waals surface area contributed by atoms with Crippen LogP contribution in [0.3, 0.4) is 0 Å². The van der Waals surface area contributed by atoms with Crippen molar-refractivity contribution in [1.82, 2.24) is 10.2 Å². The first-order chi connectivity index (χ1) is 14.3. The number of anilines is 1. The number of rotatable bonds is 6. The zero-order valence-electron chi connectivity index (χ0n) is 15.0. The largest absolute Gasteiger partial charge is 0.410 e. The van der Waals surface area contributed by atoms with Crippen LogP contribution in [-0.2, 0) is 14.8 Å². The predicted molar refractivity (Wildman–Crippen MR) is 117 cm³/mol. The monoisotopic (exact) mass is 480 g/mol. The summed E-state index contributed by atoms with van der Waals surface area (Å²) in [6.45, 7) is 0. The highest BCUT2D eigenvalue weighted by Crippen LogP contribution is 2.41. The molecule has 4 rings (SSSR count). The molecule has 2 heterocycles. The number of carbonyl (C=O) groups excluding carboxylic acids is 1. The highest BCUT2D eigenvalue weighted by Gasteiger charge is 2.18. The Morgan fingerprint density at radius 1 is 1.17 bits per heavy atom. The number of benzene rings is 2. The van der Waals surface area contributed by atoms with Crippen LogP contribution in [0.25, 0.3) is 20.9 Å². The molecule has 2 aromatic carbocycles. The fourth-order valence-corrected chi connectivity index (χ4v) is 5.08. The number of fused-ring (bicyclic) bond motifs is 1. The number of hydrogen-bond acceptors (Lipinski definition) is 8. The van der Waals surface area contributed by atoms with Gasteiger partial charge in [0.25, 0.3) is 11.1 Å². The zero-order chi connectivity index (χ0) is 21.3. The van der Waals surface area contributed by atoms with Gasteiger partial charge in [-0.3, -0.25) is 4.79 Å². The summed E-state index contributed by atoms with van der Waals surface area (Å²) in [6, 6.07) is 13.3. The smallest absolute Gasteiger partial charge is 0.277 e. The number of amides is 1. The summed E-state index contributed by atoms with van der Waals surface area (Å²) in [4.78, 5) is 12.8. The number of thioether (sulfide) groups is 1. The van der Waals surface area contributed by atoms with Crippen LogP contribution in [0.15, 0.2) is 63.1 Å². The van der Waals surface area contributed by atoms with Gasteiger partial charge < -0.3 is 9.73 Å². The van der Waals surface area contributed by atoms with Crippen molar-refractivity contribution in [2.75, 3.05) is 11.1 Å². The van der Waals surface area contributed by atoms with Gasteiger partial charge in [0.05, 0.1) is 15.7 Å². The number of primary sulfonamides is 1. The van der Waals surface area contributed by atoms with Crippen molar-refractivity contribution in [1.29, 1.82) is 0 Å². The summed E-state index contributed by atoms with van der Waals surface area (Å²) in [6.07, 6.45) is 0. The summed E-state index contributed by atoms with van der Waals surface area (Å²) < 4.78 is 29.2. The molecule has 0 aliphatic carbocycles. The quantitative estimate of drug-likeness (QED) is 0.399. The van der Waals surface area contributed by atoms with E-state index in [9.17, 15) is 13.2 Å². The Morgan fingerprint density at radius 2 is 1.90 bits per heavy atom. The lowest BCUT2D eigenvalue weighted by molar-refractivity contribution is -0.113. The Morgan fingerprint density at radius 3 is 2.60 bits per heavy atom. The van der Waals surface area contributed by atoms with E-state index < -0.39 is 10.0 Å². The number of halogens is 1. The molecule has 8 nitrogen and oxygen atoms in total. The van der Waals surface area contributed by atoms with E-state index in [0.717, 1.165) is 21.8 Å². The Bertz CT molecular complexity index is 1330. The van der Waals surface area contributed by atoms with Gasteiger partial charge in [-0.1, -0.05) is 41.6 Å². The second-order valence-corrected chi connectivity index (χ2v) is 9.94. The number of sulfonamides is 1. The van der Waals surface area contributed by atoms with Crippen molar-refractivity contribution in [2.24, 2.45) is 5.14 Å². The van der Waals surface area contributed by atoms with E-state index in [1.165, 1.54) is 35.6 Å². The molecule has 0 saturated carbocycles. The van der Waals surface area contributed by atoms with E-state index >= 15 is 0 Å². The summed E-state index contributed by atoms with van der Waals surface area (Å²) in [7, 11) is -3.78. The molecule has 30 heavy (non-hydrogen) atoms. The van der Waals surface area contributed by atoms with Gasteiger partial charge in [0, 0.05) is 15.8 Å². The first-order valence-corrected chi connectivity index (χ1v) is 12.1. The molecule has 0 radical (unpaired) electrons. The lowest BCUT2D eigenvalue weighted by Crippen LogP contribution is -2.15. The van der Waals surface area contributed by atoms with Gasteiger partial charge in [-0.25, -0.2) is 13.6 Å². The summed E-state index contributed by atoms with van der Waals surface area (Å²) in [5.41, 5.74) is 0.441. The average molecular weight is 481 g/mol. The summed E-state index contributed by atoms with van der Waals surface area (Å²) >= 11 is 8.95. The Hall–Kier alpha value is -2.44. The first-order valence-electron chi connectivity index (χ1n) is 8.38.